The number of aryl methyl sites for hydroxylation is 1. The Morgan fingerprint density at radius 2 is 1.94 bits per heavy atom. The molecule has 9 heteroatoms. The zero-order chi connectivity index (χ0) is 22.2. The van der Waals surface area contributed by atoms with Crippen molar-refractivity contribution in [2.24, 2.45) is 5.92 Å². The number of amides is 1. The zero-order valence-corrected chi connectivity index (χ0v) is 18.5. The zero-order valence-electron chi connectivity index (χ0n) is 17.7. The number of ether oxygens (including phenoxy) is 1. The Morgan fingerprint density at radius 3 is 2.55 bits per heavy atom. The second kappa shape index (κ2) is 8.45. The molecule has 2 aliphatic rings. The molecule has 166 valence electrons. The van der Waals surface area contributed by atoms with Crippen molar-refractivity contribution in [3.63, 3.8) is 0 Å². The number of nitrogens with zero attached hydrogens (tertiary/aromatic N) is 2. The van der Waals surface area contributed by atoms with Crippen LogP contribution >= 0.6 is 0 Å². The quantitative estimate of drug-likeness (QED) is 0.749. The van der Waals surface area contributed by atoms with E-state index < -0.39 is 9.84 Å². The third-order valence-electron chi connectivity index (χ3n) is 6.27. The molecule has 1 aromatic heterocycles. The Kier molecular flexibility index (Phi) is 5.88. The van der Waals surface area contributed by atoms with Crippen molar-refractivity contribution in [3.8, 4) is 5.75 Å². The lowest BCUT2D eigenvalue weighted by Gasteiger charge is -2.18. The Balaban J connectivity index is 1.59. The van der Waals surface area contributed by atoms with Gasteiger partial charge in [0.2, 0.25) is 5.91 Å². The molecule has 4 rings (SSSR count). The highest BCUT2D eigenvalue weighted by molar-refractivity contribution is 7.91. The van der Waals surface area contributed by atoms with Gasteiger partial charge in [0.05, 0.1) is 24.3 Å². The van der Waals surface area contributed by atoms with E-state index in [2.05, 4.69) is 9.97 Å². The van der Waals surface area contributed by atoms with E-state index in [1.165, 1.54) is 6.07 Å². The topological polar surface area (TPSA) is 109 Å². The molecule has 0 radical (unpaired) electrons. The number of nitrogens with one attached hydrogen (secondary N) is 1. The third kappa shape index (κ3) is 4.81. The first-order chi connectivity index (χ1) is 14.7. The first-order valence-electron chi connectivity index (χ1n) is 10.4. The van der Waals surface area contributed by atoms with E-state index in [0.29, 0.717) is 31.0 Å². The molecule has 0 saturated carbocycles. The maximum Gasteiger partial charge on any atom is 0.251 e. The summed E-state index contributed by atoms with van der Waals surface area (Å²) in [6.07, 6.45) is 0.783. The van der Waals surface area contributed by atoms with Crippen LogP contribution in [0.3, 0.4) is 0 Å². The number of carbonyl (C=O) groups excluding carboxylic acids is 1. The molecule has 0 spiro atoms. The van der Waals surface area contributed by atoms with Gasteiger partial charge in [-0.2, -0.15) is 0 Å². The average molecular weight is 446 g/mol. The van der Waals surface area contributed by atoms with Gasteiger partial charge in [-0.25, -0.2) is 13.4 Å². The number of aromatic amines is 1. The highest BCUT2D eigenvalue weighted by atomic mass is 32.2. The maximum absolute atomic E-state index is 13.0. The SMILES string of the molecule is COc1ccc([C@@H]2CN(C(=O)CC3CCS(=O)(=O)C3)C[C@H]2c2cc(=O)[nH]c(C)n2)cc1. The van der Waals surface area contributed by atoms with E-state index >= 15 is 0 Å². The van der Waals surface area contributed by atoms with E-state index in [0.717, 1.165) is 11.3 Å². The summed E-state index contributed by atoms with van der Waals surface area (Å²) < 4.78 is 28.8. The highest BCUT2D eigenvalue weighted by Crippen LogP contribution is 2.40. The van der Waals surface area contributed by atoms with E-state index in [1.54, 1.807) is 18.9 Å². The van der Waals surface area contributed by atoms with Crippen molar-refractivity contribution in [2.75, 3.05) is 31.7 Å². The first-order valence-corrected chi connectivity index (χ1v) is 12.3. The van der Waals surface area contributed by atoms with Crippen molar-refractivity contribution < 1.29 is 17.9 Å². The molecule has 31 heavy (non-hydrogen) atoms. The van der Waals surface area contributed by atoms with Gasteiger partial charge in [0.25, 0.3) is 5.56 Å². The number of carbonyl (C=O) groups is 1. The standard InChI is InChI=1S/C22H27N3O5S/c1-14-23-20(10-21(26)24-14)19-12-25(22(27)9-15-7-8-31(28,29)13-15)11-18(19)16-3-5-17(30-2)6-4-16/h3-6,10,15,18-19H,7-9,11-13H2,1-2H3,(H,23,24,26)/t15?,18-,19+/m0/s1. The van der Waals surface area contributed by atoms with Crippen molar-refractivity contribution in [1.82, 2.24) is 14.9 Å². The number of rotatable bonds is 5. The summed E-state index contributed by atoms with van der Waals surface area (Å²) in [5, 5.41) is 0. The molecule has 3 atom stereocenters. The smallest absolute Gasteiger partial charge is 0.251 e. The molecule has 0 aliphatic carbocycles. The van der Waals surface area contributed by atoms with Crippen molar-refractivity contribution in [2.45, 2.75) is 31.6 Å². The lowest BCUT2D eigenvalue weighted by molar-refractivity contribution is -0.131. The fourth-order valence-electron chi connectivity index (χ4n) is 4.70. The molecule has 2 aromatic rings. The third-order valence-corrected chi connectivity index (χ3v) is 8.10. The number of benzene rings is 1. The number of H-pyrrole nitrogens is 1. The largest absolute Gasteiger partial charge is 0.497 e. The minimum Gasteiger partial charge on any atom is -0.497 e. The van der Waals surface area contributed by atoms with Crippen LogP contribution in [0.1, 0.15) is 41.8 Å². The number of likely N-dealkylation sites (tertiary alicyclic amines) is 1. The van der Waals surface area contributed by atoms with Crippen LogP contribution in [0.2, 0.25) is 0 Å². The second-order valence-corrected chi connectivity index (χ2v) is 10.7. The van der Waals surface area contributed by atoms with Crippen LogP contribution in [0, 0.1) is 12.8 Å². The normalized spacial score (nSPS) is 25.0. The monoisotopic (exact) mass is 445 g/mol. The van der Waals surface area contributed by atoms with E-state index in [-0.39, 0.29) is 47.1 Å². The molecule has 0 bridgehead atoms. The van der Waals surface area contributed by atoms with Crippen molar-refractivity contribution in [1.29, 1.82) is 0 Å². The van der Waals surface area contributed by atoms with E-state index in [9.17, 15) is 18.0 Å². The molecule has 8 nitrogen and oxygen atoms in total. The summed E-state index contributed by atoms with van der Waals surface area (Å²) in [4.78, 5) is 34.1. The molecule has 1 N–H and O–H groups in total. The Bertz CT molecular complexity index is 1130. The molecule has 2 fully saturated rings. The summed E-state index contributed by atoms with van der Waals surface area (Å²) >= 11 is 0. The molecular weight excluding hydrogens is 418 g/mol. The van der Waals surface area contributed by atoms with Crippen LogP contribution in [-0.4, -0.2) is 60.9 Å². The minimum atomic E-state index is -3.02. The van der Waals surface area contributed by atoms with Crippen LogP contribution in [0.15, 0.2) is 35.1 Å². The summed E-state index contributed by atoms with van der Waals surface area (Å²) in [5.41, 5.74) is 1.50. The van der Waals surface area contributed by atoms with Crippen LogP contribution in [-0.2, 0) is 14.6 Å². The summed E-state index contributed by atoms with van der Waals surface area (Å²) in [6, 6.07) is 9.24. The lowest BCUT2D eigenvalue weighted by Crippen LogP contribution is -2.30. The Morgan fingerprint density at radius 1 is 1.23 bits per heavy atom. The van der Waals surface area contributed by atoms with E-state index in [1.807, 2.05) is 24.3 Å². The average Bonchev–Trinajstić information content (AvgIpc) is 3.31. The number of hydrogen-bond donors (Lipinski definition) is 1. The number of methoxy groups -OCH3 is 1. The van der Waals surface area contributed by atoms with Gasteiger partial charge in [-0.3, -0.25) is 9.59 Å². The fraction of sp³-hybridized carbons (Fsp3) is 0.500. The van der Waals surface area contributed by atoms with Crippen LogP contribution in [0.4, 0.5) is 0 Å². The van der Waals surface area contributed by atoms with Gasteiger partial charge in [-0.1, -0.05) is 12.1 Å². The number of aromatic nitrogens is 2. The molecular formula is C22H27N3O5S. The Labute approximate surface area is 181 Å². The molecule has 2 saturated heterocycles. The van der Waals surface area contributed by atoms with Gasteiger partial charge in [-0.15, -0.1) is 0 Å². The van der Waals surface area contributed by atoms with Crippen LogP contribution < -0.4 is 10.3 Å². The number of sulfone groups is 1. The summed E-state index contributed by atoms with van der Waals surface area (Å²) in [6.45, 7) is 2.69. The van der Waals surface area contributed by atoms with Gasteiger partial charge in [0, 0.05) is 37.4 Å². The molecule has 3 heterocycles. The lowest BCUT2D eigenvalue weighted by atomic mass is 9.86. The van der Waals surface area contributed by atoms with Gasteiger partial charge in [0.15, 0.2) is 9.84 Å². The maximum atomic E-state index is 13.0. The molecule has 1 aromatic carbocycles. The highest BCUT2D eigenvalue weighted by Gasteiger charge is 2.39. The number of hydrogen-bond acceptors (Lipinski definition) is 6. The summed E-state index contributed by atoms with van der Waals surface area (Å²) in [7, 11) is -1.41. The molecule has 1 unspecified atom stereocenters. The fourth-order valence-corrected chi connectivity index (χ4v) is 6.56. The second-order valence-electron chi connectivity index (χ2n) is 8.51. The van der Waals surface area contributed by atoms with Crippen LogP contribution in [0.25, 0.3) is 0 Å². The predicted octanol–water partition coefficient (Wildman–Crippen LogP) is 1.62. The van der Waals surface area contributed by atoms with Gasteiger partial charge in [0.1, 0.15) is 11.6 Å². The Hall–Kier alpha value is -2.68. The van der Waals surface area contributed by atoms with Gasteiger partial charge >= 0.3 is 0 Å². The van der Waals surface area contributed by atoms with Crippen LogP contribution in [0.5, 0.6) is 5.75 Å². The molecule has 2 aliphatic heterocycles. The van der Waals surface area contributed by atoms with E-state index in [4.69, 9.17) is 4.74 Å². The minimum absolute atomic E-state index is 0.0177. The predicted molar refractivity (Wildman–Crippen MR) is 116 cm³/mol. The van der Waals surface area contributed by atoms with Gasteiger partial charge in [-0.05, 0) is 37.0 Å². The summed E-state index contributed by atoms with van der Waals surface area (Å²) in [5.74, 6) is 1.25. The first kappa shape index (κ1) is 21.5. The van der Waals surface area contributed by atoms with Crippen molar-refractivity contribution >= 4 is 15.7 Å². The molecule has 1 amide bonds. The van der Waals surface area contributed by atoms with Crippen molar-refractivity contribution in [3.05, 3.63) is 57.8 Å². The van der Waals surface area contributed by atoms with Gasteiger partial charge < -0.3 is 14.6 Å².